The lowest BCUT2D eigenvalue weighted by Gasteiger charge is -2.19. The molecule has 2 rings (SSSR count). The Kier molecular flexibility index (Phi) is 3.87. The number of ketones is 1. The fourth-order valence-corrected chi connectivity index (χ4v) is 2.20. The van der Waals surface area contributed by atoms with Gasteiger partial charge in [0.15, 0.2) is 5.78 Å². The van der Waals surface area contributed by atoms with Gasteiger partial charge in [-0.1, -0.05) is 13.0 Å². The number of hydrogen-bond donors (Lipinski definition) is 0. The quantitative estimate of drug-likeness (QED) is 0.604. The zero-order chi connectivity index (χ0) is 13.0. The molecule has 1 atom stereocenters. The van der Waals surface area contributed by atoms with E-state index in [1.54, 1.807) is 23.2 Å². The fraction of sp³-hybridized carbons (Fsp3) is 0.357. The van der Waals surface area contributed by atoms with Crippen molar-refractivity contribution in [1.82, 2.24) is 9.88 Å². The van der Waals surface area contributed by atoms with Gasteiger partial charge >= 0.3 is 0 Å². The maximum atomic E-state index is 12.3. The van der Waals surface area contributed by atoms with E-state index in [0.717, 1.165) is 12.8 Å². The van der Waals surface area contributed by atoms with Crippen LogP contribution in [0.15, 0.2) is 37.3 Å². The number of carbonyl (C=O) groups excluding carboxylic acids is 2. The number of Topliss-reactive ketones (excluding diaryl/α,β-unsaturated/α-hetero) is 1. The van der Waals surface area contributed by atoms with Gasteiger partial charge in [0.25, 0.3) is 0 Å². The van der Waals surface area contributed by atoms with Crippen molar-refractivity contribution in [2.45, 2.75) is 19.3 Å². The third-order valence-electron chi connectivity index (χ3n) is 3.21. The molecule has 0 N–H and O–H groups in total. The van der Waals surface area contributed by atoms with Gasteiger partial charge < -0.3 is 4.90 Å². The van der Waals surface area contributed by atoms with Crippen LogP contribution in [0.5, 0.6) is 0 Å². The second-order valence-corrected chi connectivity index (χ2v) is 4.37. The summed E-state index contributed by atoms with van der Waals surface area (Å²) in [4.78, 5) is 30.0. The lowest BCUT2D eigenvalue weighted by molar-refractivity contribution is -0.130. The van der Waals surface area contributed by atoms with Crippen molar-refractivity contribution < 1.29 is 9.59 Å². The molecule has 18 heavy (non-hydrogen) atoms. The minimum atomic E-state index is -0.588. The Labute approximate surface area is 106 Å². The molecule has 0 radical (unpaired) electrons. The van der Waals surface area contributed by atoms with Crippen LogP contribution in [0.1, 0.15) is 29.6 Å². The summed E-state index contributed by atoms with van der Waals surface area (Å²) in [6, 6.07) is 3.41. The van der Waals surface area contributed by atoms with Crippen LogP contribution < -0.4 is 0 Å². The van der Waals surface area contributed by atoms with Crippen LogP contribution in [0.3, 0.4) is 0 Å². The monoisotopic (exact) mass is 244 g/mol. The summed E-state index contributed by atoms with van der Waals surface area (Å²) in [6.07, 6.45) is 7.04. The molecule has 94 valence electrons. The summed E-state index contributed by atoms with van der Waals surface area (Å²) >= 11 is 0. The molecule has 1 aromatic rings. The van der Waals surface area contributed by atoms with Crippen molar-refractivity contribution in [2.24, 2.45) is 5.92 Å². The average molecular weight is 244 g/mol. The molecule has 1 amide bonds. The van der Waals surface area contributed by atoms with Crippen molar-refractivity contribution in [1.29, 1.82) is 0 Å². The molecule has 0 bridgehead atoms. The molecule has 1 aromatic heterocycles. The summed E-state index contributed by atoms with van der Waals surface area (Å²) in [5, 5.41) is 0. The zero-order valence-electron chi connectivity index (χ0n) is 10.2. The van der Waals surface area contributed by atoms with Crippen molar-refractivity contribution in [3.8, 4) is 0 Å². The first-order valence-corrected chi connectivity index (χ1v) is 6.11. The first kappa shape index (κ1) is 12.5. The van der Waals surface area contributed by atoms with Gasteiger partial charge in [-0.3, -0.25) is 14.6 Å². The average Bonchev–Trinajstić information content (AvgIpc) is 2.60. The number of carbonyl (C=O) groups is 2. The first-order chi connectivity index (χ1) is 8.74. The Morgan fingerprint density at radius 2 is 2.33 bits per heavy atom. The van der Waals surface area contributed by atoms with Gasteiger partial charge in [0.2, 0.25) is 5.91 Å². The second-order valence-electron chi connectivity index (χ2n) is 4.37. The molecule has 1 aliphatic heterocycles. The van der Waals surface area contributed by atoms with E-state index >= 15 is 0 Å². The topological polar surface area (TPSA) is 50.3 Å². The Morgan fingerprint density at radius 1 is 1.50 bits per heavy atom. The number of pyridine rings is 1. The van der Waals surface area contributed by atoms with E-state index in [0.29, 0.717) is 18.5 Å². The van der Waals surface area contributed by atoms with Gasteiger partial charge in [-0.15, -0.1) is 0 Å². The highest BCUT2D eigenvalue weighted by molar-refractivity contribution is 6.10. The number of likely N-dealkylation sites (tertiary alicyclic amines) is 1. The van der Waals surface area contributed by atoms with Crippen molar-refractivity contribution in [3.05, 3.63) is 42.9 Å². The molecule has 0 spiro atoms. The van der Waals surface area contributed by atoms with Crippen LogP contribution in [0, 0.1) is 5.92 Å². The standard InChI is InChI=1S/C14H16N2O2/c1-2-16-9-4-3-7-12(14(16)18)13(17)11-6-5-8-15-10-11/h2,5-6,8,10,12H,1,3-4,7,9H2. The molecule has 2 heterocycles. The van der Waals surface area contributed by atoms with E-state index in [2.05, 4.69) is 11.6 Å². The SMILES string of the molecule is C=CN1CCCCC(C(=O)c2cccnc2)C1=O. The summed E-state index contributed by atoms with van der Waals surface area (Å²) in [5.41, 5.74) is 0.502. The van der Waals surface area contributed by atoms with E-state index in [9.17, 15) is 9.59 Å². The molecule has 1 unspecified atom stereocenters. The van der Waals surface area contributed by atoms with Crippen LogP contribution in [0.25, 0.3) is 0 Å². The minimum Gasteiger partial charge on any atom is -0.319 e. The lowest BCUT2D eigenvalue weighted by atomic mass is 9.93. The van der Waals surface area contributed by atoms with Crippen molar-refractivity contribution >= 4 is 11.7 Å². The van der Waals surface area contributed by atoms with E-state index in [1.165, 1.54) is 12.4 Å². The molecular weight excluding hydrogens is 228 g/mol. The van der Waals surface area contributed by atoms with Gasteiger partial charge in [-0.2, -0.15) is 0 Å². The largest absolute Gasteiger partial charge is 0.319 e. The Bertz CT molecular complexity index is 456. The number of amides is 1. The van der Waals surface area contributed by atoms with Gasteiger partial charge in [0.1, 0.15) is 5.92 Å². The smallest absolute Gasteiger partial charge is 0.237 e. The van der Waals surface area contributed by atoms with Crippen LogP contribution in [-0.2, 0) is 4.79 Å². The Hall–Kier alpha value is -1.97. The zero-order valence-corrected chi connectivity index (χ0v) is 10.2. The molecule has 1 fully saturated rings. The number of hydrogen-bond acceptors (Lipinski definition) is 3. The molecule has 0 aromatic carbocycles. The number of aromatic nitrogens is 1. The van der Waals surface area contributed by atoms with E-state index < -0.39 is 5.92 Å². The van der Waals surface area contributed by atoms with Crippen LogP contribution in [0.2, 0.25) is 0 Å². The molecule has 1 aliphatic rings. The van der Waals surface area contributed by atoms with Crippen LogP contribution in [0.4, 0.5) is 0 Å². The van der Waals surface area contributed by atoms with Gasteiger partial charge in [-0.25, -0.2) is 0 Å². The summed E-state index contributed by atoms with van der Waals surface area (Å²) in [6.45, 7) is 4.28. The predicted molar refractivity (Wildman–Crippen MR) is 67.8 cm³/mol. The summed E-state index contributed by atoms with van der Waals surface area (Å²) < 4.78 is 0. The third kappa shape index (κ3) is 2.47. The maximum Gasteiger partial charge on any atom is 0.237 e. The minimum absolute atomic E-state index is 0.137. The highest BCUT2D eigenvalue weighted by Gasteiger charge is 2.32. The number of rotatable bonds is 3. The van der Waals surface area contributed by atoms with E-state index in [4.69, 9.17) is 0 Å². The van der Waals surface area contributed by atoms with E-state index in [-0.39, 0.29) is 11.7 Å². The Balaban J connectivity index is 2.23. The van der Waals surface area contributed by atoms with Crippen LogP contribution >= 0.6 is 0 Å². The summed E-state index contributed by atoms with van der Waals surface area (Å²) in [5.74, 6) is -0.868. The Morgan fingerprint density at radius 3 is 3.00 bits per heavy atom. The molecule has 4 nitrogen and oxygen atoms in total. The summed E-state index contributed by atoms with van der Waals surface area (Å²) in [7, 11) is 0. The van der Waals surface area contributed by atoms with Gasteiger partial charge in [0, 0.05) is 24.5 Å². The number of nitrogens with zero attached hydrogens (tertiary/aromatic N) is 2. The first-order valence-electron chi connectivity index (χ1n) is 6.11. The van der Waals surface area contributed by atoms with Crippen molar-refractivity contribution in [2.75, 3.05) is 6.54 Å². The molecule has 0 saturated carbocycles. The third-order valence-corrected chi connectivity index (χ3v) is 3.21. The van der Waals surface area contributed by atoms with Crippen molar-refractivity contribution in [3.63, 3.8) is 0 Å². The maximum absolute atomic E-state index is 12.3. The lowest BCUT2D eigenvalue weighted by Crippen LogP contribution is -2.34. The molecule has 1 saturated heterocycles. The normalized spacial score (nSPS) is 20.3. The molecule has 4 heteroatoms. The second kappa shape index (κ2) is 5.58. The highest BCUT2D eigenvalue weighted by Crippen LogP contribution is 2.21. The highest BCUT2D eigenvalue weighted by atomic mass is 16.2. The predicted octanol–water partition coefficient (Wildman–Crippen LogP) is 2.04. The van der Waals surface area contributed by atoms with Gasteiger partial charge in [-0.05, 0) is 31.2 Å². The van der Waals surface area contributed by atoms with Crippen LogP contribution in [-0.4, -0.2) is 28.1 Å². The fourth-order valence-electron chi connectivity index (χ4n) is 2.20. The van der Waals surface area contributed by atoms with E-state index in [1.807, 2.05) is 0 Å². The van der Waals surface area contributed by atoms with Gasteiger partial charge in [0.05, 0.1) is 0 Å². The molecular formula is C14H16N2O2. The molecule has 0 aliphatic carbocycles.